The minimum absolute atomic E-state index is 0.00612. The van der Waals surface area contributed by atoms with Crippen LogP contribution < -0.4 is 10.2 Å². The average Bonchev–Trinajstić information content (AvgIpc) is 3.24. The molecule has 0 N–H and O–H groups in total. The molecule has 122 valence electrons. The lowest BCUT2D eigenvalue weighted by Gasteiger charge is -2.32. The van der Waals surface area contributed by atoms with Gasteiger partial charge in [-0.05, 0) is 52.5 Å². The van der Waals surface area contributed by atoms with Gasteiger partial charge in [-0.2, -0.15) is 5.26 Å². The van der Waals surface area contributed by atoms with E-state index in [-0.39, 0.29) is 16.8 Å². The Morgan fingerprint density at radius 3 is 2.39 bits per heavy atom. The number of nitriles is 1. The van der Waals surface area contributed by atoms with Crippen LogP contribution in [0.4, 0.5) is 4.39 Å². The number of nitrogens with zero attached hydrogens (tertiary/aromatic N) is 1. The zero-order valence-electron chi connectivity index (χ0n) is 14.0. The molecule has 23 heavy (non-hydrogen) atoms. The zero-order chi connectivity index (χ0) is 16.8. The van der Waals surface area contributed by atoms with Crippen LogP contribution in [0.5, 0.6) is 5.75 Å². The molecule has 1 saturated heterocycles. The Balaban J connectivity index is 1.91. The van der Waals surface area contributed by atoms with Crippen LogP contribution in [0.2, 0.25) is 0 Å². The van der Waals surface area contributed by atoms with Crippen molar-refractivity contribution in [2.24, 2.45) is 5.92 Å². The van der Waals surface area contributed by atoms with E-state index in [2.05, 4.69) is 0 Å². The maximum absolute atomic E-state index is 14.9. The number of ether oxygens (including phenoxy) is 1. The molecule has 0 spiro atoms. The second-order valence-corrected chi connectivity index (χ2v) is 7.30. The third kappa shape index (κ3) is 2.96. The Hall–Kier alpha value is -1.58. The molecule has 0 amide bonds. The van der Waals surface area contributed by atoms with Crippen LogP contribution in [0.3, 0.4) is 0 Å². The molecule has 1 aliphatic carbocycles. The number of benzene rings is 1. The van der Waals surface area contributed by atoms with Gasteiger partial charge < -0.3 is 14.0 Å². The molecular weight excluding hydrogens is 296 g/mol. The van der Waals surface area contributed by atoms with Gasteiger partial charge >= 0.3 is 7.12 Å². The Kier molecular flexibility index (Phi) is 3.90. The Bertz CT molecular complexity index is 649. The topological polar surface area (TPSA) is 51.5 Å². The highest BCUT2D eigenvalue weighted by Crippen LogP contribution is 2.37. The standard InChI is InChI=1S/C17H21BFNO3/c1-16(2)17(3,4)23-18(22-16)13-8-7-12(9-20)15(14(13)19)21-10-11-5-6-11/h7-8,11H,5-6,10H2,1-4H3. The van der Waals surface area contributed by atoms with Crippen LogP contribution in [0, 0.1) is 23.1 Å². The van der Waals surface area contributed by atoms with E-state index in [1.165, 1.54) is 0 Å². The molecule has 0 atom stereocenters. The molecular formula is C17H21BFNO3. The molecule has 1 aliphatic heterocycles. The summed E-state index contributed by atoms with van der Waals surface area (Å²) in [4.78, 5) is 0. The van der Waals surface area contributed by atoms with E-state index in [0.29, 0.717) is 12.5 Å². The van der Waals surface area contributed by atoms with E-state index in [4.69, 9.17) is 14.0 Å². The minimum atomic E-state index is -0.809. The van der Waals surface area contributed by atoms with Crippen molar-refractivity contribution in [3.05, 3.63) is 23.5 Å². The maximum atomic E-state index is 14.9. The first kappa shape index (κ1) is 16.3. The van der Waals surface area contributed by atoms with Crippen molar-refractivity contribution in [3.8, 4) is 11.8 Å². The second-order valence-electron chi connectivity index (χ2n) is 7.30. The Morgan fingerprint density at radius 1 is 1.26 bits per heavy atom. The lowest BCUT2D eigenvalue weighted by molar-refractivity contribution is 0.00578. The first-order valence-corrected chi connectivity index (χ1v) is 7.96. The summed E-state index contributed by atoms with van der Waals surface area (Å²) < 4.78 is 32.3. The van der Waals surface area contributed by atoms with Crippen molar-refractivity contribution in [2.45, 2.75) is 51.7 Å². The third-order valence-electron chi connectivity index (χ3n) is 4.91. The number of hydrogen-bond acceptors (Lipinski definition) is 4. The van der Waals surface area contributed by atoms with Crippen molar-refractivity contribution < 1.29 is 18.4 Å². The van der Waals surface area contributed by atoms with Crippen molar-refractivity contribution in [1.29, 1.82) is 5.26 Å². The van der Waals surface area contributed by atoms with Gasteiger partial charge in [-0.25, -0.2) is 4.39 Å². The van der Waals surface area contributed by atoms with E-state index in [9.17, 15) is 9.65 Å². The predicted molar refractivity (Wildman–Crippen MR) is 85.1 cm³/mol. The van der Waals surface area contributed by atoms with Crippen LogP contribution in [0.1, 0.15) is 46.1 Å². The van der Waals surface area contributed by atoms with E-state index in [0.717, 1.165) is 12.8 Å². The zero-order valence-corrected chi connectivity index (χ0v) is 14.0. The summed E-state index contributed by atoms with van der Waals surface area (Å²) in [5.74, 6) is -0.0868. The fourth-order valence-electron chi connectivity index (χ4n) is 2.44. The highest BCUT2D eigenvalue weighted by Gasteiger charge is 2.52. The highest BCUT2D eigenvalue weighted by molar-refractivity contribution is 6.62. The van der Waals surface area contributed by atoms with Crippen LogP contribution in [0.15, 0.2) is 12.1 Å². The van der Waals surface area contributed by atoms with Gasteiger partial charge in [-0.3, -0.25) is 0 Å². The summed E-state index contributed by atoms with van der Waals surface area (Å²) in [6.07, 6.45) is 2.20. The molecule has 0 unspecified atom stereocenters. The summed E-state index contributed by atoms with van der Waals surface area (Å²) in [6.45, 7) is 8.11. The fourth-order valence-corrected chi connectivity index (χ4v) is 2.44. The lowest BCUT2D eigenvalue weighted by atomic mass is 9.78. The van der Waals surface area contributed by atoms with Crippen molar-refractivity contribution in [3.63, 3.8) is 0 Å². The van der Waals surface area contributed by atoms with Gasteiger partial charge in [0, 0.05) is 5.46 Å². The molecule has 0 radical (unpaired) electrons. The van der Waals surface area contributed by atoms with Gasteiger partial charge in [0.15, 0.2) is 11.6 Å². The second kappa shape index (κ2) is 5.50. The molecule has 0 bridgehead atoms. The van der Waals surface area contributed by atoms with Crippen LogP contribution in [0.25, 0.3) is 0 Å². The Labute approximate surface area is 136 Å². The summed E-state index contributed by atoms with van der Waals surface area (Å²) in [7, 11) is -0.809. The van der Waals surface area contributed by atoms with Crippen LogP contribution in [-0.2, 0) is 9.31 Å². The van der Waals surface area contributed by atoms with Crippen LogP contribution in [-0.4, -0.2) is 24.9 Å². The van der Waals surface area contributed by atoms with E-state index >= 15 is 0 Å². The first-order chi connectivity index (χ1) is 10.7. The van der Waals surface area contributed by atoms with E-state index in [1.807, 2.05) is 33.8 Å². The smallest absolute Gasteiger partial charge is 0.489 e. The van der Waals surface area contributed by atoms with Gasteiger partial charge in [0.2, 0.25) is 0 Å². The molecule has 1 aromatic carbocycles. The van der Waals surface area contributed by atoms with Crippen LogP contribution >= 0.6 is 0 Å². The van der Waals surface area contributed by atoms with Gasteiger partial charge in [0.1, 0.15) is 6.07 Å². The van der Waals surface area contributed by atoms with Gasteiger partial charge in [0.25, 0.3) is 0 Å². The van der Waals surface area contributed by atoms with Crippen molar-refractivity contribution in [2.75, 3.05) is 6.61 Å². The van der Waals surface area contributed by atoms with E-state index < -0.39 is 24.1 Å². The normalized spacial score (nSPS) is 22.0. The molecule has 4 nitrogen and oxygen atoms in total. The molecule has 3 rings (SSSR count). The van der Waals surface area contributed by atoms with Crippen molar-refractivity contribution in [1.82, 2.24) is 0 Å². The molecule has 1 heterocycles. The van der Waals surface area contributed by atoms with Gasteiger partial charge in [-0.1, -0.05) is 6.07 Å². The molecule has 1 saturated carbocycles. The number of halogens is 1. The quantitative estimate of drug-likeness (QED) is 0.801. The lowest BCUT2D eigenvalue weighted by Crippen LogP contribution is -2.41. The number of rotatable bonds is 4. The molecule has 2 fully saturated rings. The Morgan fingerprint density at radius 2 is 1.87 bits per heavy atom. The molecule has 0 aromatic heterocycles. The maximum Gasteiger partial charge on any atom is 0.498 e. The molecule has 1 aromatic rings. The third-order valence-corrected chi connectivity index (χ3v) is 4.91. The summed E-state index contributed by atoms with van der Waals surface area (Å²) in [5.41, 5.74) is -0.628. The minimum Gasteiger partial charge on any atom is -0.489 e. The number of hydrogen-bond donors (Lipinski definition) is 0. The summed E-state index contributed by atoms with van der Waals surface area (Å²) >= 11 is 0. The average molecular weight is 317 g/mol. The predicted octanol–water partition coefficient (Wildman–Crippen LogP) is 2.79. The SMILES string of the molecule is CC1(C)OB(c2ccc(C#N)c(OCC3CC3)c2F)OC1(C)C. The highest BCUT2D eigenvalue weighted by atomic mass is 19.1. The summed E-state index contributed by atoms with van der Waals surface area (Å²) in [6, 6.07) is 5.09. The first-order valence-electron chi connectivity index (χ1n) is 7.96. The van der Waals surface area contributed by atoms with Crippen molar-refractivity contribution >= 4 is 12.6 Å². The fraction of sp³-hybridized carbons (Fsp3) is 0.588. The molecule has 2 aliphatic rings. The van der Waals surface area contributed by atoms with Gasteiger partial charge in [-0.15, -0.1) is 0 Å². The monoisotopic (exact) mass is 317 g/mol. The summed E-state index contributed by atoms with van der Waals surface area (Å²) in [5, 5.41) is 9.19. The van der Waals surface area contributed by atoms with E-state index in [1.54, 1.807) is 12.1 Å². The molecule has 6 heteroatoms. The largest absolute Gasteiger partial charge is 0.498 e. The van der Waals surface area contributed by atoms with Gasteiger partial charge in [0.05, 0.1) is 23.4 Å².